The molecule has 1 saturated heterocycles. The molecule has 1 aromatic carbocycles. The summed E-state index contributed by atoms with van der Waals surface area (Å²) in [5.41, 5.74) is 0.101. The monoisotopic (exact) mass is 279 g/mol. The molecule has 0 unspecified atom stereocenters. The second kappa shape index (κ2) is 5.42. The Morgan fingerprint density at radius 2 is 1.80 bits per heavy atom. The van der Waals surface area contributed by atoms with Gasteiger partial charge in [-0.15, -0.1) is 0 Å². The van der Waals surface area contributed by atoms with Crippen molar-refractivity contribution in [2.24, 2.45) is 0 Å². The molecule has 0 spiro atoms. The Bertz CT molecular complexity index is 461. The predicted octanol–water partition coefficient (Wildman–Crippen LogP) is 2.71. The summed E-state index contributed by atoms with van der Waals surface area (Å²) in [6.07, 6.45) is -0.483. The van der Waals surface area contributed by atoms with Gasteiger partial charge in [0.2, 0.25) is 0 Å². The Morgan fingerprint density at radius 1 is 1.20 bits per heavy atom. The quantitative estimate of drug-likeness (QED) is 0.630. The smallest absolute Gasteiger partial charge is 0.370 e. The van der Waals surface area contributed by atoms with Gasteiger partial charge in [0, 0.05) is 7.11 Å². The first-order chi connectivity index (χ1) is 9.36. The van der Waals surface area contributed by atoms with E-state index in [2.05, 4.69) is 0 Å². The lowest BCUT2D eigenvalue weighted by atomic mass is 9.86. The maximum absolute atomic E-state index is 11.8. The minimum Gasteiger partial charge on any atom is -0.370 e. The van der Waals surface area contributed by atoms with Crippen LogP contribution >= 0.6 is 0 Å². The predicted molar refractivity (Wildman–Crippen MR) is 74.0 cm³/mol. The zero-order valence-electron chi connectivity index (χ0n) is 12.4. The van der Waals surface area contributed by atoms with E-state index in [0.717, 1.165) is 5.56 Å². The van der Waals surface area contributed by atoms with Crippen LogP contribution in [0.1, 0.15) is 26.3 Å². The number of ether oxygens (including phenoxy) is 1. The van der Waals surface area contributed by atoms with Gasteiger partial charge in [-0.05, 0) is 26.3 Å². The Balaban J connectivity index is 1.93. The van der Waals surface area contributed by atoms with Crippen LogP contribution in [0.15, 0.2) is 30.3 Å². The molecule has 20 heavy (non-hydrogen) atoms. The number of methoxy groups -OCH3 is 1. The summed E-state index contributed by atoms with van der Waals surface area (Å²) in [6, 6.07) is 9.87. The molecule has 2 rings (SSSR count). The Kier molecular flexibility index (Phi) is 4.01. The molecule has 5 heteroatoms. The number of hydrogen-bond donors (Lipinski definition) is 0. The van der Waals surface area contributed by atoms with Gasteiger partial charge in [-0.25, -0.2) is 4.79 Å². The third kappa shape index (κ3) is 3.11. The van der Waals surface area contributed by atoms with Crippen LogP contribution in [0.5, 0.6) is 0 Å². The maximum atomic E-state index is 11.8. The minimum absolute atomic E-state index is 0.442. The fourth-order valence-corrected chi connectivity index (χ4v) is 2.08. The van der Waals surface area contributed by atoms with Crippen LogP contribution in [0.3, 0.4) is 0 Å². The van der Waals surface area contributed by atoms with Crippen molar-refractivity contribution in [1.82, 2.24) is 4.90 Å². The van der Waals surface area contributed by atoms with E-state index in [1.54, 1.807) is 12.0 Å². The minimum atomic E-state index is -0.516. The molecule has 1 amide bonds. The number of benzene rings is 1. The highest BCUT2D eigenvalue weighted by molar-refractivity contribution is 5.68. The van der Waals surface area contributed by atoms with Crippen LogP contribution < -0.4 is 0 Å². The Hall–Kier alpha value is -1.59. The van der Waals surface area contributed by atoms with Crippen LogP contribution in [0.2, 0.25) is 0 Å². The fourth-order valence-electron chi connectivity index (χ4n) is 2.08. The topological polar surface area (TPSA) is 48.0 Å². The molecule has 0 aliphatic carbocycles. The standard InChI is InChI=1S/C15H21NO4/c1-14(2,3)20-19-13(17)16-10-15(11-16,18-4)12-8-6-5-7-9-12/h5-9H,10-11H2,1-4H3. The molecule has 0 saturated carbocycles. The van der Waals surface area contributed by atoms with Crippen LogP contribution in [0, 0.1) is 0 Å². The van der Waals surface area contributed by atoms with E-state index in [9.17, 15) is 4.79 Å². The first-order valence-electron chi connectivity index (χ1n) is 6.62. The number of carbonyl (C=O) groups excluding carboxylic acids is 1. The third-order valence-corrected chi connectivity index (χ3v) is 3.20. The fraction of sp³-hybridized carbons (Fsp3) is 0.533. The van der Waals surface area contributed by atoms with Crippen molar-refractivity contribution in [2.75, 3.05) is 20.2 Å². The molecule has 1 aliphatic heterocycles. The maximum Gasteiger partial charge on any atom is 0.441 e. The summed E-state index contributed by atoms with van der Waals surface area (Å²) in [4.78, 5) is 23.2. The average Bonchev–Trinajstić information content (AvgIpc) is 2.36. The molecule has 110 valence electrons. The highest BCUT2D eigenvalue weighted by Crippen LogP contribution is 2.35. The van der Waals surface area contributed by atoms with Gasteiger partial charge in [-0.1, -0.05) is 30.3 Å². The molecule has 1 fully saturated rings. The largest absolute Gasteiger partial charge is 0.441 e. The Morgan fingerprint density at radius 3 is 2.30 bits per heavy atom. The molecular formula is C15H21NO4. The average molecular weight is 279 g/mol. The second-order valence-corrected chi connectivity index (χ2v) is 5.97. The molecule has 0 aromatic heterocycles. The third-order valence-electron chi connectivity index (χ3n) is 3.20. The molecule has 0 atom stereocenters. The van der Waals surface area contributed by atoms with Gasteiger partial charge in [-0.2, -0.15) is 4.89 Å². The first kappa shape index (κ1) is 14.8. The molecule has 1 aromatic rings. The zero-order valence-corrected chi connectivity index (χ0v) is 12.4. The van der Waals surface area contributed by atoms with Crippen molar-refractivity contribution < 1.29 is 19.3 Å². The summed E-state index contributed by atoms with van der Waals surface area (Å²) in [6.45, 7) is 6.37. The number of rotatable bonds is 3. The van der Waals surface area contributed by atoms with Crippen molar-refractivity contribution in [3.63, 3.8) is 0 Å². The van der Waals surface area contributed by atoms with E-state index < -0.39 is 17.3 Å². The number of nitrogens with zero attached hydrogens (tertiary/aromatic N) is 1. The second-order valence-electron chi connectivity index (χ2n) is 5.97. The van der Waals surface area contributed by atoms with Crippen LogP contribution in [0.4, 0.5) is 4.79 Å². The molecule has 0 bridgehead atoms. The van der Waals surface area contributed by atoms with Crippen molar-refractivity contribution in [3.8, 4) is 0 Å². The van der Waals surface area contributed by atoms with Gasteiger partial charge < -0.3 is 4.74 Å². The SMILES string of the molecule is COC1(c2ccccc2)CN(C(=O)OOC(C)(C)C)C1. The van der Waals surface area contributed by atoms with Gasteiger partial charge in [0.1, 0.15) is 11.2 Å². The van der Waals surface area contributed by atoms with Crippen molar-refractivity contribution >= 4 is 6.09 Å². The highest BCUT2D eigenvalue weighted by atomic mass is 17.2. The molecule has 5 nitrogen and oxygen atoms in total. The molecular weight excluding hydrogens is 258 g/mol. The van der Waals surface area contributed by atoms with Crippen molar-refractivity contribution in [1.29, 1.82) is 0 Å². The van der Waals surface area contributed by atoms with Crippen LogP contribution in [-0.2, 0) is 20.1 Å². The van der Waals surface area contributed by atoms with Gasteiger partial charge in [-0.3, -0.25) is 9.79 Å². The van der Waals surface area contributed by atoms with E-state index in [1.165, 1.54) is 0 Å². The number of likely N-dealkylation sites (tertiary alicyclic amines) is 1. The number of hydrogen-bond acceptors (Lipinski definition) is 4. The van der Waals surface area contributed by atoms with Crippen molar-refractivity contribution in [3.05, 3.63) is 35.9 Å². The van der Waals surface area contributed by atoms with E-state index in [1.807, 2.05) is 51.1 Å². The van der Waals surface area contributed by atoms with Gasteiger partial charge in [0.05, 0.1) is 13.1 Å². The summed E-state index contributed by atoms with van der Waals surface area (Å²) >= 11 is 0. The highest BCUT2D eigenvalue weighted by Gasteiger charge is 2.48. The number of amides is 1. The van der Waals surface area contributed by atoms with E-state index >= 15 is 0 Å². The zero-order chi connectivity index (χ0) is 14.8. The summed E-state index contributed by atoms with van der Waals surface area (Å²) < 4.78 is 5.60. The van der Waals surface area contributed by atoms with Gasteiger partial charge >= 0.3 is 6.09 Å². The lowest BCUT2D eigenvalue weighted by molar-refractivity contribution is -0.310. The van der Waals surface area contributed by atoms with Gasteiger partial charge in [0.15, 0.2) is 0 Å². The number of carbonyl (C=O) groups is 1. The molecule has 0 N–H and O–H groups in total. The van der Waals surface area contributed by atoms with E-state index in [4.69, 9.17) is 14.5 Å². The van der Waals surface area contributed by atoms with Crippen molar-refractivity contribution in [2.45, 2.75) is 32.0 Å². The van der Waals surface area contributed by atoms with Crippen LogP contribution in [-0.4, -0.2) is 36.8 Å². The Labute approximate surface area is 119 Å². The van der Waals surface area contributed by atoms with E-state index in [-0.39, 0.29) is 0 Å². The molecule has 1 heterocycles. The molecule has 1 aliphatic rings. The van der Waals surface area contributed by atoms with E-state index in [0.29, 0.717) is 13.1 Å². The summed E-state index contributed by atoms with van der Waals surface area (Å²) in [5.74, 6) is 0. The molecule has 0 radical (unpaired) electrons. The normalized spacial score (nSPS) is 17.5. The van der Waals surface area contributed by atoms with Crippen LogP contribution in [0.25, 0.3) is 0 Å². The summed E-state index contributed by atoms with van der Waals surface area (Å²) in [5, 5.41) is 0. The lowest BCUT2D eigenvalue weighted by Crippen LogP contribution is -2.62. The summed E-state index contributed by atoms with van der Waals surface area (Å²) in [7, 11) is 1.65. The first-order valence-corrected chi connectivity index (χ1v) is 6.62. The van der Waals surface area contributed by atoms with Gasteiger partial charge in [0.25, 0.3) is 0 Å². The lowest BCUT2D eigenvalue weighted by Gasteiger charge is -2.48.